The molecule has 0 amide bonds. The van der Waals surface area contributed by atoms with Crippen molar-refractivity contribution in [3.8, 4) is 16.8 Å². The van der Waals surface area contributed by atoms with Crippen molar-refractivity contribution in [3.05, 3.63) is 145 Å². The van der Waals surface area contributed by atoms with E-state index in [9.17, 15) is 0 Å². The number of benzene rings is 7. The summed E-state index contributed by atoms with van der Waals surface area (Å²) in [5, 5.41) is 17.2. The fourth-order valence-electron chi connectivity index (χ4n) is 6.88. The molecule has 7 aromatic carbocycles. The van der Waals surface area contributed by atoms with Gasteiger partial charge in [0, 0.05) is 49.8 Å². The van der Waals surface area contributed by atoms with Crippen molar-refractivity contribution in [2.24, 2.45) is 0 Å². The van der Waals surface area contributed by atoms with E-state index in [1.165, 1.54) is 27.9 Å². The molecule has 0 fully saturated rings. The number of para-hydroxylation sites is 1. The average molecular weight is 548 g/mol. The normalized spacial score (nSPS) is 11.8. The van der Waals surface area contributed by atoms with Crippen molar-refractivity contribution in [2.45, 2.75) is 0 Å². The maximum atomic E-state index is 7.82. The van der Waals surface area contributed by atoms with E-state index < -0.39 is 0 Å². The first-order chi connectivity index (χ1) is 21.3. The molecular weight excluding hydrogens is 522 g/mol. The van der Waals surface area contributed by atoms with Gasteiger partial charge in [-0.3, -0.25) is 0 Å². The number of nitrogens with zero attached hydrogens (tertiary/aromatic N) is 2. The van der Waals surface area contributed by atoms with E-state index in [1.54, 1.807) is 0 Å². The van der Waals surface area contributed by atoms with Gasteiger partial charge in [-0.05, 0) is 52.2 Å². The second-order valence-electron chi connectivity index (χ2n) is 11.2. The molecular formula is C40H25N3. The molecule has 0 unspecified atom stereocenters. The van der Waals surface area contributed by atoms with E-state index in [4.69, 9.17) is 10.4 Å². The van der Waals surface area contributed by atoms with E-state index >= 15 is 0 Å². The molecule has 0 saturated heterocycles. The number of fused-ring (bicyclic) bond motifs is 9. The molecule has 9 rings (SSSR count). The van der Waals surface area contributed by atoms with Crippen molar-refractivity contribution < 1.29 is 0 Å². The van der Waals surface area contributed by atoms with Gasteiger partial charge in [-0.15, -0.1) is 0 Å². The molecule has 0 radical (unpaired) electrons. The van der Waals surface area contributed by atoms with E-state index in [0.29, 0.717) is 0 Å². The second-order valence-corrected chi connectivity index (χ2v) is 11.2. The first kappa shape index (κ1) is 23.9. The highest BCUT2D eigenvalue weighted by Crippen LogP contribution is 2.41. The van der Waals surface area contributed by atoms with Crippen LogP contribution in [-0.4, -0.2) is 15.8 Å². The summed E-state index contributed by atoms with van der Waals surface area (Å²) in [5.41, 5.74) is 8.69. The van der Waals surface area contributed by atoms with Crippen LogP contribution in [0.4, 0.5) is 0 Å². The molecule has 0 aliphatic heterocycles. The highest BCUT2D eigenvalue weighted by atomic mass is 15.0. The van der Waals surface area contributed by atoms with Crippen molar-refractivity contribution in [2.75, 3.05) is 0 Å². The Labute approximate surface area is 247 Å². The zero-order valence-corrected chi connectivity index (χ0v) is 23.3. The van der Waals surface area contributed by atoms with Gasteiger partial charge < -0.3 is 9.98 Å². The van der Waals surface area contributed by atoms with E-state index in [2.05, 4.69) is 138 Å². The summed E-state index contributed by atoms with van der Waals surface area (Å²) >= 11 is 0. The smallest absolute Gasteiger partial charge is 0.0794 e. The van der Waals surface area contributed by atoms with Gasteiger partial charge in [0.1, 0.15) is 0 Å². The van der Waals surface area contributed by atoms with Gasteiger partial charge in [0.15, 0.2) is 0 Å². The Hall–Kier alpha value is -5.80. The average Bonchev–Trinajstić information content (AvgIpc) is 3.40. The third-order valence-electron chi connectivity index (χ3n) is 8.82. The molecule has 1 N–H and O–H groups in total. The summed E-state index contributed by atoms with van der Waals surface area (Å²) in [6, 6.07) is 49.7. The Morgan fingerprint density at radius 1 is 0.488 bits per heavy atom. The summed E-state index contributed by atoms with van der Waals surface area (Å²) < 4.78 is 2.35. The van der Waals surface area contributed by atoms with Crippen molar-refractivity contribution >= 4 is 71.4 Å². The first-order valence-electron chi connectivity index (χ1n) is 14.6. The number of nitrogens with one attached hydrogen (secondary N) is 1. The molecule has 2 heterocycles. The van der Waals surface area contributed by atoms with Crippen LogP contribution in [0.15, 0.2) is 140 Å². The van der Waals surface area contributed by atoms with Gasteiger partial charge in [0.2, 0.25) is 0 Å². The standard InChI is InChI=1S/C40H25N3/c41-24-25-16-21-37-35(22-25)32-14-5-6-15-36(32)43(37)29-11-7-10-28(23-29)38-33-19-17-26-8-1-3-12-30(26)39(33)42-40-31-13-4-2-9-27(31)18-20-34(38)40/h1-24,41H. The maximum absolute atomic E-state index is 7.82. The highest BCUT2D eigenvalue weighted by molar-refractivity contribution is 6.21. The molecule has 200 valence electrons. The van der Waals surface area contributed by atoms with Crippen LogP contribution in [0.25, 0.3) is 82.0 Å². The molecule has 3 nitrogen and oxygen atoms in total. The largest absolute Gasteiger partial charge is 0.309 e. The predicted octanol–water partition coefficient (Wildman–Crippen LogP) is 10.5. The highest BCUT2D eigenvalue weighted by Gasteiger charge is 2.17. The molecule has 0 aliphatic carbocycles. The lowest BCUT2D eigenvalue weighted by Gasteiger charge is -2.16. The van der Waals surface area contributed by atoms with Crippen molar-refractivity contribution in [1.29, 1.82) is 5.41 Å². The summed E-state index contributed by atoms with van der Waals surface area (Å²) in [6.45, 7) is 0. The topological polar surface area (TPSA) is 41.7 Å². The van der Waals surface area contributed by atoms with Crippen LogP contribution in [0.1, 0.15) is 5.56 Å². The zero-order valence-electron chi connectivity index (χ0n) is 23.3. The van der Waals surface area contributed by atoms with E-state index in [0.717, 1.165) is 65.8 Å². The zero-order chi connectivity index (χ0) is 28.5. The fourth-order valence-corrected chi connectivity index (χ4v) is 6.88. The Balaban J connectivity index is 1.40. The summed E-state index contributed by atoms with van der Waals surface area (Å²) in [5.74, 6) is 0. The molecule has 9 aromatic rings. The SMILES string of the molecule is N=Cc1ccc2c(c1)c1ccccc1n2-c1cccc(-c2c3ccc4ccccc4c3nc3c2ccc2ccccc23)c1. The van der Waals surface area contributed by atoms with Gasteiger partial charge in [-0.25, -0.2) is 4.98 Å². The molecule has 0 saturated carbocycles. The minimum atomic E-state index is 0.901. The Morgan fingerprint density at radius 3 is 1.81 bits per heavy atom. The van der Waals surface area contributed by atoms with E-state index in [1.807, 2.05) is 6.07 Å². The van der Waals surface area contributed by atoms with Gasteiger partial charge in [-0.2, -0.15) is 0 Å². The Morgan fingerprint density at radius 2 is 1.12 bits per heavy atom. The number of hydrogen-bond acceptors (Lipinski definition) is 2. The van der Waals surface area contributed by atoms with Crippen LogP contribution < -0.4 is 0 Å². The number of aromatic nitrogens is 2. The summed E-state index contributed by atoms with van der Waals surface area (Å²) in [7, 11) is 0. The maximum Gasteiger partial charge on any atom is 0.0794 e. The Kier molecular flexibility index (Phi) is 5.05. The van der Waals surface area contributed by atoms with Crippen molar-refractivity contribution in [3.63, 3.8) is 0 Å². The third kappa shape index (κ3) is 3.49. The predicted molar refractivity (Wildman–Crippen MR) is 182 cm³/mol. The lowest BCUT2D eigenvalue weighted by Crippen LogP contribution is -1.96. The van der Waals surface area contributed by atoms with Gasteiger partial charge in [0.05, 0.1) is 22.1 Å². The molecule has 3 heteroatoms. The van der Waals surface area contributed by atoms with Gasteiger partial charge in [-0.1, -0.05) is 109 Å². The van der Waals surface area contributed by atoms with Crippen LogP contribution in [0.2, 0.25) is 0 Å². The minimum absolute atomic E-state index is 0.901. The lowest BCUT2D eigenvalue weighted by atomic mass is 9.92. The molecule has 2 aromatic heterocycles. The van der Waals surface area contributed by atoms with Crippen LogP contribution in [0.3, 0.4) is 0 Å². The fraction of sp³-hybridized carbons (Fsp3) is 0. The van der Waals surface area contributed by atoms with Crippen LogP contribution >= 0.6 is 0 Å². The van der Waals surface area contributed by atoms with Gasteiger partial charge in [0.25, 0.3) is 0 Å². The molecule has 0 bridgehead atoms. The van der Waals surface area contributed by atoms with Crippen molar-refractivity contribution in [1.82, 2.24) is 9.55 Å². The molecule has 0 spiro atoms. The number of pyridine rings is 1. The second kappa shape index (κ2) is 9.10. The van der Waals surface area contributed by atoms with Gasteiger partial charge >= 0.3 is 0 Å². The van der Waals surface area contributed by atoms with Crippen LogP contribution in [0, 0.1) is 5.41 Å². The summed E-state index contributed by atoms with van der Waals surface area (Å²) in [4.78, 5) is 5.37. The summed E-state index contributed by atoms with van der Waals surface area (Å²) in [6.07, 6.45) is 1.42. The minimum Gasteiger partial charge on any atom is -0.309 e. The molecule has 0 atom stereocenters. The molecule has 0 aliphatic rings. The lowest BCUT2D eigenvalue weighted by molar-refractivity contribution is 1.18. The monoisotopic (exact) mass is 547 g/mol. The van der Waals surface area contributed by atoms with E-state index in [-0.39, 0.29) is 0 Å². The first-order valence-corrected chi connectivity index (χ1v) is 14.6. The number of hydrogen-bond donors (Lipinski definition) is 1. The third-order valence-corrected chi connectivity index (χ3v) is 8.82. The van der Waals surface area contributed by atoms with Crippen LogP contribution in [-0.2, 0) is 0 Å². The number of rotatable bonds is 3. The molecule has 43 heavy (non-hydrogen) atoms. The van der Waals surface area contributed by atoms with Crippen LogP contribution in [0.5, 0.6) is 0 Å². The Bertz CT molecular complexity index is 2500. The quantitative estimate of drug-likeness (QED) is 0.133.